The van der Waals surface area contributed by atoms with Crippen LogP contribution in [0.25, 0.3) is 11.4 Å². The van der Waals surface area contributed by atoms with Gasteiger partial charge >= 0.3 is 0 Å². The smallest absolute Gasteiger partial charge is 0.258 e. The summed E-state index contributed by atoms with van der Waals surface area (Å²) in [6.45, 7) is 3.06. The number of para-hydroxylation sites is 1. The third-order valence-electron chi connectivity index (χ3n) is 7.88. The fourth-order valence-corrected chi connectivity index (χ4v) is 5.96. The fourth-order valence-electron chi connectivity index (χ4n) is 5.96. The minimum absolute atomic E-state index is 0.118. The number of carbonyl (C=O) groups is 1. The zero-order valence-electron chi connectivity index (χ0n) is 21.3. The Morgan fingerprint density at radius 1 is 1.03 bits per heavy atom. The molecule has 2 aliphatic heterocycles. The lowest BCUT2D eigenvalue weighted by molar-refractivity contribution is 0.00555. The number of benzene rings is 3. The van der Waals surface area contributed by atoms with Gasteiger partial charge in [0.25, 0.3) is 5.91 Å². The molecule has 38 heavy (non-hydrogen) atoms. The molecule has 3 heterocycles. The zero-order valence-corrected chi connectivity index (χ0v) is 21.3. The van der Waals surface area contributed by atoms with E-state index in [1.165, 1.54) is 0 Å². The van der Waals surface area contributed by atoms with Crippen molar-refractivity contribution in [1.29, 1.82) is 5.26 Å². The molecule has 0 saturated carbocycles. The van der Waals surface area contributed by atoms with Gasteiger partial charge < -0.3 is 19.4 Å². The fraction of sp³-hybridized carbons (Fsp3) is 0.267. The first-order valence-corrected chi connectivity index (χ1v) is 12.7. The number of rotatable bonds is 3. The molecule has 190 valence electrons. The maximum atomic E-state index is 13.4. The summed E-state index contributed by atoms with van der Waals surface area (Å²) in [5.41, 5.74) is 3.44. The van der Waals surface area contributed by atoms with E-state index < -0.39 is 5.60 Å². The van der Waals surface area contributed by atoms with E-state index in [1.54, 1.807) is 31.0 Å². The van der Waals surface area contributed by atoms with Crippen LogP contribution in [0.5, 0.6) is 0 Å². The molecule has 1 atom stereocenters. The maximum absolute atomic E-state index is 13.4. The number of nitriles is 1. The molecular formula is C30H27N5O3. The molecule has 1 unspecified atom stereocenters. The minimum Gasteiger partial charge on any atom is -0.380 e. The summed E-state index contributed by atoms with van der Waals surface area (Å²) in [4.78, 5) is 21.5. The summed E-state index contributed by atoms with van der Waals surface area (Å²) in [6, 6.07) is 23.0. The summed E-state index contributed by atoms with van der Waals surface area (Å²) < 4.78 is 5.09. The molecule has 0 bridgehead atoms. The van der Waals surface area contributed by atoms with Crippen molar-refractivity contribution in [2.45, 2.75) is 25.4 Å². The number of amides is 1. The lowest BCUT2D eigenvalue weighted by Gasteiger charge is -2.43. The van der Waals surface area contributed by atoms with Gasteiger partial charge in [0.1, 0.15) is 11.7 Å². The quantitative estimate of drug-likeness (QED) is 0.432. The summed E-state index contributed by atoms with van der Waals surface area (Å²) in [5.74, 6) is 0.679. The van der Waals surface area contributed by atoms with Crippen LogP contribution in [0.2, 0.25) is 0 Å². The van der Waals surface area contributed by atoms with Crippen molar-refractivity contribution in [2.75, 3.05) is 29.9 Å². The van der Waals surface area contributed by atoms with Crippen LogP contribution in [0.15, 0.2) is 71.3 Å². The van der Waals surface area contributed by atoms with Crippen LogP contribution in [0, 0.1) is 24.2 Å². The minimum atomic E-state index is -1.32. The molecular weight excluding hydrogens is 478 g/mol. The van der Waals surface area contributed by atoms with Gasteiger partial charge in [-0.25, -0.2) is 0 Å². The SMILES string of the molecule is Cc1nc(-c2ccc(N3CCC(C4(O)c5ccccc5C(=O)N(C)c5ccccc54)CC3)c(C#N)c2)no1. The number of aryl methyl sites for hydroxylation is 1. The Morgan fingerprint density at radius 3 is 2.45 bits per heavy atom. The number of nitrogens with zero attached hydrogens (tertiary/aromatic N) is 5. The van der Waals surface area contributed by atoms with Crippen LogP contribution in [-0.4, -0.2) is 41.3 Å². The van der Waals surface area contributed by atoms with Gasteiger partial charge in [0.05, 0.1) is 16.9 Å². The number of piperidine rings is 1. The first-order chi connectivity index (χ1) is 18.4. The number of fused-ring (bicyclic) bond motifs is 2. The Morgan fingerprint density at radius 2 is 1.74 bits per heavy atom. The number of aromatic nitrogens is 2. The molecule has 4 aromatic rings. The predicted molar refractivity (Wildman–Crippen MR) is 143 cm³/mol. The number of hydrogen-bond acceptors (Lipinski definition) is 7. The summed E-state index contributed by atoms with van der Waals surface area (Å²) in [7, 11) is 1.76. The van der Waals surface area contributed by atoms with Crippen LogP contribution in [-0.2, 0) is 5.60 Å². The van der Waals surface area contributed by atoms with Gasteiger partial charge in [-0.05, 0) is 49.1 Å². The van der Waals surface area contributed by atoms with Crippen LogP contribution in [0.4, 0.5) is 11.4 Å². The van der Waals surface area contributed by atoms with Gasteiger partial charge in [-0.15, -0.1) is 0 Å². The van der Waals surface area contributed by atoms with E-state index in [4.69, 9.17) is 4.52 Å². The van der Waals surface area contributed by atoms with Crippen molar-refractivity contribution in [3.8, 4) is 17.5 Å². The van der Waals surface area contributed by atoms with Gasteiger partial charge in [-0.2, -0.15) is 10.2 Å². The topological polar surface area (TPSA) is 106 Å². The molecule has 1 amide bonds. The number of aliphatic hydroxyl groups is 1. The van der Waals surface area contributed by atoms with Gasteiger partial charge in [0.15, 0.2) is 0 Å². The van der Waals surface area contributed by atoms with Crippen LogP contribution >= 0.6 is 0 Å². The standard InChI is InChI=1S/C30H27N5O3/c1-19-32-28(33-38-19)20-11-12-26(21(17-20)18-31)35-15-13-22(14-16-35)30(37)24-8-4-3-7-23(24)29(36)34(2)27-10-6-5-9-25(27)30/h3-12,17,22,37H,13-16H2,1-2H3. The molecule has 1 fully saturated rings. The molecule has 1 saturated heterocycles. The molecule has 0 spiro atoms. The summed E-state index contributed by atoms with van der Waals surface area (Å²) in [5, 5.41) is 26.4. The van der Waals surface area contributed by atoms with Crippen molar-refractivity contribution in [3.63, 3.8) is 0 Å². The molecule has 0 radical (unpaired) electrons. The first-order valence-electron chi connectivity index (χ1n) is 12.7. The van der Waals surface area contributed by atoms with E-state index in [9.17, 15) is 15.2 Å². The second-order valence-corrected chi connectivity index (χ2v) is 9.94. The van der Waals surface area contributed by atoms with E-state index in [0.29, 0.717) is 54.3 Å². The number of carbonyl (C=O) groups excluding carboxylic acids is 1. The normalized spacial score (nSPS) is 19.5. The monoisotopic (exact) mass is 505 g/mol. The van der Waals surface area contributed by atoms with E-state index >= 15 is 0 Å². The molecule has 1 aromatic heterocycles. The lowest BCUT2D eigenvalue weighted by atomic mass is 9.70. The molecule has 2 aliphatic rings. The highest BCUT2D eigenvalue weighted by Crippen LogP contribution is 2.48. The van der Waals surface area contributed by atoms with Crippen molar-refractivity contribution >= 4 is 17.3 Å². The second kappa shape index (κ2) is 9.12. The molecule has 1 N–H and O–H groups in total. The maximum Gasteiger partial charge on any atom is 0.258 e. The van der Waals surface area contributed by atoms with Gasteiger partial charge in [0.2, 0.25) is 11.7 Å². The molecule has 8 heteroatoms. The lowest BCUT2D eigenvalue weighted by Crippen LogP contribution is -2.44. The van der Waals surface area contributed by atoms with Crippen LogP contribution < -0.4 is 9.80 Å². The summed E-state index contributed by atoms with van der Waals surface area (Å²) in [6.07, 6.45) is 1.38. The second-order valence-electron chi connectivity index (χ2n) is 9.94. The third kappa shape index (κ3) is 3.66. The van der Waals surface area contributed by atoms with Crippen molar-refractivity contribution in [2.24, 2.45) is 5.92 Å². The average Bonchev–Trinajstić information content (AvgIpc) is 3.39. The first kappa shape index (κ1) is 23.9. The largest absolute Gasteiger partial charge is 0.380 e. The Balaban J connectivity index is 1.33. The zero-order chi connectivity index (χ0) is 26.4. The van der Waals surface area contributed by atoms with Gasteiger partial charge in [-0.1, -0.05) is 41.6 Å². The number of hydrogen-bond donors (Lipinski definition) is 1. The van der Waals surface area contributed by atoms with Crippen LogP contribution in [0.1, 0.15) is 45.8 Å². The van der Waals surface area contributed by atoms with Crippen molar-refractivity contribution in [1.82, 2.24) is 10.1 Å². The predicted octanol–water partition coefficient (Wildman–Crippen LogP) is 4.66. The highest BCUT2D eigenvalue weighted by molar-refractivity contribution is 6.08. The molecule has 3 aromatic carbocycles. The Hall–Kier alpha value is -4.48. The average molecular weight is 506 g/mol. The summed E-state index contributed by atoms with van der Waals surface area (Å²) >= 11 is 0. The number of anilines is 2. The van der Waals surface area contributed by atoms with Crippen molar-refractivity contribution in [3.05, 3.63) is 94.9 Å². The molecule has 8 nitrogen and oxygen atoms in total. The highest BCUT2D eigenvalue weighted by Gasteiger charge is 2.47. The third-order valence-corrected chi connectivity index (χ3v) is 7.88. The van der Waals surface area contributed by atoms with Crippen molar-refractivity contribution < 1.29 is 14.4 Å². The van der Waals surface area contributed by atoms with Gasteiger partial charge in [-0.3, -0.25) is 4.79 Å². The Kier molecular flexibility index (Phi) is 5.73. The molecule has 6 rings (SSSR count). The van der Waals surface area contributed by atoms with Crippen LogP contribution in [0.3, 0.4) is 0 Å². The molecule has 0 aliphatic carbocycles. The highest BCUT2D eigenvalue weighted by atomic mass is 16.5. The van der Waals surface area contributed by atoms with E-state index in [0.717, 1.165) is 22.5 Å². The Bertz CT molecular complexity index is 1580. The Labute approximate surface area is 220 Å². The van der Waals surface area contributed by atoms with E-state index in [1.807, 2.05) is 54.6 Å². The van der Waals surface area contributed by atoms with E-state index in [-0.39, 0.29) is 11.8 Å². The van der Waals surface area contributed by atoms with Gasteiger partial charge in [0, 0.05) is 49.3 Å². The van der Waals surface area contributed by atoms with E-state index in [2.05, 4.69) is 21.1 Å².